The molecule has 2 aliphatic heterocycles. The van der Waals surface area contributed by atoms with Crippen LogP contribution in [0.4, 0.5) is 0 Å². The molecule has 0 amide bonds. The zero-order valence-corrected chi connectivity index (χ0v) is 11.9. The Morgan fingerprint density at radius 3 is 2.72 bits per heavy atom. The fraction of sp³-hybridized carbons (Fsp3) is 1.00. The first kappa shape index (κ1) is 14.2. The summed E-state index contributed by atoms with van der Waals surface area (Å²) in [5.74, 6) is 0.218. The highest BCUT2D eigenvalue weighted by atomic mass is 32.2. The molecule has 2 rings (SSSR count). The fourth-order valence-electron chi connectivity index (χ4n) is 2.64. The van der Waals surface area contributed by atoms with Crippen LogP contribution in [-0.2, 0) is 14.8 Å². The molecule has 0 saturated carbocycles. The van der Waals surface area contributed by atoms with E-state index in [1.165, 1.54) is 4.31 Å². The maximum atomic E-state index is 12.2. The number of likely N-dealkylation sites (N-methyl/N-ethyl adjacent to an activating group) is 1. The monoisotopic (exact) mass is 276 g/mol. The van der Waals surface area contributed by atoms with Crippen molar-refractivity contribution in [3.8, 4) is 0 Å². The van der Waals surface area contributed by atoms with E-state index in [1.54, 1.807) is 7.05 Å². The summed E-state index contributed by atoms with van der Waals surface area (Å²) in [6, 6.07) is 0.121. The van der Waals surface area contributed by atoms with Crippen LogP contribution in [0.5, 0.6) is 0 Å². The lowest BCUT2D eigenvalue weighted by Crippen LogP contribution is -2.44. The maximum absolute atomic E-state index is 12.2. The standard InChI is InChI=1S/C12H24N2O3S/c1-14(9-12-6-4-8-17-12)18(15,16)10-11-5-2-3-7-13-11/h11-13H,2-10H2,1H3. The van der Waals surface area contributed by atoms with Gasteiger partial charge in [0.15, 0.2) is 0 Å². The molecule has 2 atom stereocenters. The molecule has 0 aromatic heterocycles. The van der Waals surface area contributed by atoms with E-state index in [0.717, 1.165) is 45.3 Å². The van der Waals surface area contributed by atoms with E-state index in [0.29, 0.717) is 6.54 Å². The minimum Gasteiger partial charge on any atom is -0.377 e. The average Bonchev–Trinajstić information content (AvgIpc) is 2.82. The minimum atomic E-state index is -3.16. The van der Waals surface area contributed by atoms with Gasteiger partial charge in [0.05, 0.1) is 11.9 Å². The first-order chi connectivity index (χ1) is 8.58. The molecule has 2 unspecified atom stereocenters. The van der Waals surface area contributed by atoms with Gasteiger partial charge in [0, 0.05) is 26.2 Å². The third kappa shape index (κ3) is 3.91. The number of nitrogens with zero attached hydrogens (tertiary/aromatic N) is 1. The molecule has 2 aliphatic rings. The molecule has 5 nitrogen and oxygen atoms in total. The SMILES string of the molecule is CN(CC1CCCO1)S(=O)(=O)CC1CCCCN1. The van der Waals surface area contributed by atoms with Crippen LogP contribution in [0, 0.1) is 0 Å². The van der Waals surface area contributed by atoms with E-state index < -0.39 is 10.0 Å². The molecule has 2 saturated heterocycles. The number of nitrogens with one attached hydrogen (secondary N) is 1. The number of ether oxygens (including phenoxy) is 1. The number of sulfonamides is 1. The van der Waals surface area contributed by atoms with Crippen LogP contribution < -0.4 is 5.32 Å². The van der Waals surface area contributed by atoms with E-state index in [-0.39, 0.29) is 17.9 Å². The van der Waals surface area contributed by atoms with Crippen molar-refractivity contribution in [1.29, 1.82) is 0 Å². The second-order valence-corrected chi connectivity index (χ2v) is 7.46. The van der Waals surface area contributed by atoms with Gasteiger partial charge in [0.25, 0.3) is 0 Å². The molecule has 106 valence electrons. The van der Waals surface area contributed by atoms with Crippen molar-refractivity contribution in [3.63, 3.8) is 0 Å². The van der Waals surface area contributed by atoms with Crippen LogP contribution in [0.25, 0.3) is 0 Å². The third-order valence-corrected chi connectivity index (χ3v) is 5.71. The molecule has 0 bridgehead atoms. The fourth-order valence-corrected chi connectivity index (χ4v) is 4.08. The number of hydrogen-bond donors (Lipinski definition) is 1. The summed E-state index contributed by atoms with van der Waals surface area (Å²) in [6.45, 7) is 2.20. The smallest absolute Gasteiger partial charge is 0.215 e. The Labute approximate surface area is 110 Å². The summed E-state index contributed by atoms with van der Waals surface area (Å²) >= 11 is 0. The van der Waals surface area contributed by atoms with Crippen molar-refractivity contribution in [1.82, 2.24) is 9.62 Å². The Bertz CT molecular complexity index is 346. The summed E-state index contributed by atoms with van der Waals surface area (Å²) in [7, 11) is -1.49. The molecule has 0 aromatic carbocycles. The zero-order chi connectivity index (χ0) is 13.0. The van der Waals surface area contributed by atoms with E-state index in [9.17, 15) is 8.42 Å². The Hall–Kier alpha value is -0.170. The van der Waals surface area contributed by atoms with E-state index in [1.807, 2.05) is 0 Å². The van der Waals surface area contributed by atoms with Crippen molar-refractivity contribution in [2.75, 3.05) is 32.5 Å². The van der Waals surface area contributed by atoms with Crippen molar-refractivity contribution in [2.45, 2.75) is 44.2 Å². The van der Waals surface area contributed by atoms with Crippen LogP contribution in [0.15, 0.2) is 0 Å². The first-order valence-corrected chi connectivity index (χ1v) is 8.48. The molecule has 6 heteroatoms. The highest BCUT2D eigenvalue weighted by Crippen LogP contribution is 2.16. The number of hydrogen-bond acceptors (Lipinski definition) is 4. The lowest BCUT2D eigenvalue weighted by Gasteiger charge is -2.26. The molecular weight excluding hydrogens is 252 g/mol. The quantitative estimate of drug-likeness (QED) is 0.797. The molecule has 0 aromatic rings. The van der Waals surface area contributed by atoms with Gasteiger partial charge in [-0.2, -0.15) is 0 Å². The molecule has 1 N–H and O–H groups in total. The lowest BCUT2D eigenvalue weighted by molar-refractivity contribution is 0.0978. The molecule has 0 radical (unpaired) electrons. The molecule has 18 heavy (non-hydrogen) atoms. The van der Waals surface area contributed by atoms with Gasteiger partial charge in [-0.1, -0.05) is 6.42 Å². The van der Waals surface area contributed by atoms with Gasteiger partial charge in [-0.05, 0) is 32.2 Å². The predicted molar refractivity (Wildman–Crippen MR) is 71.0 cm³/mol. The highest BCUT2D eigenvalue weighted by molar-refractivity contribution is 7.89. The maximum Gasteiger partial charge on any atom is 0.215 e. The number of piperidine rings is 1. The second-order valence-electron chi connectivity index (χ2n) is 5.34. The van der Waals surface area contributed by atoms with E-state index in [2.05, 4.69) is 5.32 Å². The van der Waals surface area contributed by atoms with Crippen molar-refractivity contribution in [3.05, 3.63) is 0 Å². The highest BCUT2D eigenvalue weighted by Gasteiger charge is 2.27. The van der Waals surface area contributed by atoms with E-state index in [4.69, 9.17) is 4.74 Å². The minimum absolute atomic E-state index is 0.0871. The normalized spacial score (nSPS) is 29.9. The van der Waals surface area contributed by atoms with Gasteiger partial charge in [-0.15, -0.1) is 0 Å². The summed E-state index contributed by atoms with van der Waals surface area (Å²) in [6.07, 6.45) is 5.35. The number of rotatable bonds is 5. The van der Waals surface area contributed by atoms with Crippen LogP contribution >= 0.6 is 0 Å². The predicted octanol–water partition coefficient (Wildman–Crippen LogP) is 0.569. The summed E-state index contributed by atoms with van der Waals surface area (Å²) in [5, 5.41) is 3.29. The van der Waals surface area contributed by atoms with Crippen molar-refractivity contribution in [2.24, 2.45) is 0 Å². The summed E-state index contributed by atoms with van der Waals surface area (Å²) in [4.78, 5) is 0. The summed E-state index contributed by atoms with van der Waals surface area (Å²) < 4.78 is 31.4. The van der Waals surface area contributed by atoms with Crippen LogP contribution in [0.1, 0.15) is 32.1 Å². The molecule has 2 heterocycles. The Balaban J connectivity index is 1.83. The lowest BCUT2D eigenvalue weighted by atomic mass is 10.1. The average molecular weight is 276 g/mol. The molecular formula is C12H24N2O3S. The van der Waals surface area contributed by atoms with Crippen LogP contribution in [0.3, 0.4) is 0 Å². The van der Waals surface area contributed by atoms with Crippen LogP contribution in [-0.4, -0.2) is 57.4 Å². The van der Waals surface area contributed by atoms with Gasteiger partial charge in [-0.25, -0.2) is 12.7 Å². The summed E-state index contributed by atoms with van der Waals surface area (Å²) in [5.41, 5.74) is 0. The van der Waals surface area contributed by atoms with Gasteiger partial charge in [0.1, 0.15) is 0 Å². The second kappa shape index (κ2) is 6.32. The molecule has 0 spiro atoms. The van der Waals surface area contributed by atoms with Gasteiger partial charge in [0.2, 0.25) is 10.0 Å². The van der Waals surface area contributed by atoms with Gasteiger partial charge >= 0.3 is 0 Å². The largest absolute Gasteiger partial charge is 0.377 e. The van der Waals surface area contributed by atoms with Gasteiger partial charge < -0.3 is 10.1 Å². The Morgan fingerprint density at radius 2 is 2.11 bits per heavy atom. The van der Waals surface area contributed by atoms with Crippen molar-refractivity contribution < 1.29 is 13.2 Å². The Morgan fingerprint density at radius 1 is 1.28 bits per heavy atom. The van der Waals surface area contributed by atoms with E-state index >= 15 is 0 Å². The van der Waals surface area contributed by atoms with Gasteiger partial charge in [-0.3, -0.25) is 0 Å². The third-order valence-electron chi connectivity index (χ3n) is 3.78. The first-order valence-electron chi connectivity index (χ1n) is 6.87. The Kier molecular flexibility index (Phi) is 5.00. The topological polar surface area (TPSA) is 58.6 Å². The van der Waals surface area contributed by atoms with Crippen LogP contribution in [0.2, 0.25) is 0 Å². The molecule has 2 fully saturated rings. The molecule has 0 aliphatic carbocycles. The zero-order valence-electron chi connectivity index (χ0n) is 11.1. The van der Waals surface area contributed by atoms with Crippen molar-refractivity contribution >= 4 is 10.0 Å².